The summed E-state index contributed by atoms with van der Waals surface area (Å²) in [6, 6.07) is 8.64. The molecule has 5 nitrogen and oxygen atoms in total. The third-order valence-corrected chi connectivity index (χ3v) is 3.37. The molecule has 0 saturated carbocycles. The summed E-state index contributed by atoms with van der Waals surface area (Å²) < 4.78 is 24.3. The number of rotatable bonds is 5. The van der Waals surface area contributed by atoms with Gasteiger partial charge in [-0.25, -0.2) is 13.1 Å². The zero-order valence-electron chi connectivity index (χ0n) is 8.93. The lowest BCUT2D eigenvalue weighted by Crippen LogP contribution is -2.32. The number of hydrogen-bond donors (Lipinski definition) is 2. The zero-order chi connectivity index (χ0) is 12.0. The SMILES string of the molecule is CNS(=O)(=O)CCNC(=O)c1ccccc1. The Morgan fingerprint density at radius 1 is 1.25 bits per heavy atom. The summed E-state index contributed by atoms with van der Waals surface area (Å²) in [5, 5.41) is 2.53. The van der Waals surface area contributed by atoms with Crippen LogP contribution in [0.5, 0.6) is 0 Å². The number of nitrogens with one attached hydrogen (secondary N) is 2. The molecule has 0 bridgehead atoms. The van der Waals surface area contributed by atoms with Gasteiger partial charge in [0.2, 0.25) is 10.0 Å². The lowest BCUT2D eigenvalue weighted by molar-refractivity contribution is 0.0956. The summed E-state index contributed by atoms with van der Waals surface area (Å²) in [6.45, 7) is 0.0941. The molecule has 1 rings (SSSR count). The third-order valence-electron chi connectivity index (χ3n) is 2.00. The van der Waals surface area contributed by atoms with Crippen LogP contribution < -0.4 is 10.0 Å². The molecule has 1 aromatic rings. The fourth-order valence-corrected chi connectivity index (χ4v) is 1.67. The largest absolute Gasteiger partial charge is 0.351 e. The minimum Gasteiger partial charge on any atom is -0.351 e. The van der Waals surface area contributed by atoms with Gasteiger partial charge in [-0.05, 0) is 19.2 Å². The summed E-state index contributed by atoms with van der Waals surface area (Å²) >= 11 is 0. The Balaban J connectivity index is 2.43. The zero-order valence-corrected chi connectivity index (χ0v) is 9.75. The molecule has 1 aromatic carbocycles. The Morgan fingerprint density at radius 2 is 1.88 bits per heavy atom. The van der Waals surface area contributed by atoms with Crippen LogP contribution >= 0.6 is 0 Å². The van der Waals surface area contributed by atoms with Crippen molar-refractivity contribution in [2.24, 2.45) is 0 Å². The van der Waals surface area contributed by atoms with Crippen LogP contribution in [0, 0.1) is 0 Å². The Hall–Kier alpha value is -1.40. The smallest absolute Gasteiger partial charge is 0.251 e. The van der Waals surface area contributed by atoms with Crippen LogP contribution in [-0.2, 0) is 10.0 Å². The summed E-state index contributed by atoms with van der Waals surface area (Å²) in [5.74, 6) is -0.394. The summed E-state index contributed by atoms with van der Waals surface area (Å²) in [5.41, 5.74) is 0.518. The van der Waals surface area contributed by atoms with E-state index in [9.17, 15) is 13.2 Å². The molecule has 1 amide bonds. The molecule has 0 saturated heterocycles. The molecule has 0 aliphatic heterocycles. The standard InChI is InChI=1S/C10H14N2O3S/c1-11-16(14,15)8-7-12-10(13)9-5-3-2-4-6-9/h2-6,11H,7-8H2,1H3,(H,12,13). The molecule has 16 heavy (non-hydrogen) atoms. The van der Waals surface area contributed by atoms with Gasteiger partial charge in [-0.15, -0.1) is 0 Å². The molecule has 0 atom stereocenters. The fraction of sp³-hybridized carbons (Fsp3) is 0.300. The normalized spacial score (nSPS) is 11.1. The number of amides is 1. The van der Waals surface area contributed by atoms with Crippen molar-refractivity contribution >= 4 is 15.9 Å². The van der Waals surface area contributed by atoms with Gasteiger partial charge in [-0.1, -0.05) is 18.2 Å². The molecule has 0 radical (unpaired) electrons. The second kappa shape index (κ2) is 5.62. The average Bonchev–Trinajstić information content (AvgIpc) is 2.30. The third kappa shape index (κ3) is 4.00. The van der Waals surface area contributed by atoms with E-state index in [2.05, 4.69) is 10.0 Å². The minimum atomic E-state index is -3.26. The number of carbonyl (C=O) groups excluding carboxylic acids is 1. The van der Waals surface area contributed by atoms with Crippen molar-refractivity contribution in [1.82, 2.24) is 10.0 Å². The predicted octanol–water partition coefficient (Wildman–Crippen LogP) is -0.0344. The molecule has 0 heterocycles. The van der Waals surface area contributed by atoms with Crippen LogP contribution in [0.2, 0.25) is 0 Å². The van der Waals surface area contributed by atoms with Gasteiger partial charge in [0.1, 0.15) is 0 Å². The van der Waals surface area contributed by atoms with Crippen LogP contribution in [0.25, 0.3) is 0 Å². The van der Waals surface area contributed by atoms with Gasteiger partial charge in [0.25, 0.3) is 5.91 Å². The van der Waals surface area contributed by atoms with Crippen molar-refractivity contribution in [3.63, 3.8) is 0 Å². The minimum absolute atomic E-state index is 0.0941. The molecule has 0 fully saturated rings. The first-order valence-electron chi connectivity index (χ1n) is 4.79. The lowest BCUT2D eigenvalue weighted by atomic mass is 10.2. The molecule has 0 aliphatic rings. The molecule has 0 unspecified atom stereocenters. The highest BCUT2D eigenvalue weighted by molar-refractivity contribution is 7.89. The lowest BCUT2D eigenvalue weighted by Gasteiger charge is -2.05. The molecule has 0 spiro atoms. The van der Waals surface area contributed by atoms with Crippen molar-refractivity contribution in [2.75, 3.05) is 19.3 Å². The first-order chi connectivity index (χ1) is 7.55. The van der Waals surface area contributed by atoms with E-state index in [-0.39, 0.29) is 18.2 Å². The maximum atomic E-state index is 11.5. The average molecular weight is 242 g/mol. The van der Waals surface area contributed by atoms with Gasteiger partial charge in [0.15, 0.2) is 0 Å². The van der Waals surface area contributed by atoms with Gasteiger partial charge >= 0.3 is 0 Å². The van der Waals surface area contributed by atoms with Gasteiger partial charge in [0.05, 0.1) is 5.75 Å². The highest BCUT2D eigenvalue weighted by Crippen LogP contribution is 1.97. The monoisotopic (exact) mass is 242 g/mol. The second-order valence-corrected chi connectivity index (χ2v) is 5.19. The number of hydrogen-bond acceptors (Lipinski definition) is 3. The molecular formula is C10H14N2O3S. The van der Waals surface area contributed by atoms with Crippen LogP contribution in [0.4, 0.5) is 0 Å². The van der Waals surface area contributed by atoms with E-state index < -0.39 is 10.0 Å². The predicted molar refractivity (Wildman–Crippen MR) is 61.6 cm³/mol. The first-order valence-corrected chi connectivity index (χ1v) is 6.45. The Kier molecular flexibility index (Phi) is 4.45. The number of carbonyl (C=O) groups is 1. The molecule has 2 N–H and O–H groups in total. The van der Waals surface area contributed by atoms with E-state index in [4.69, 9.17) is 0 Å². The van der Waals surface area contributed by atoms with Crippen LogP contribution in [0.3, 0.4) is 0 Å². The quantitative estimate of drug-likeness (QED) is 0.761. The number of benzene rings is 1. The van der Waals surface area contributed by atoms with Crippen LogP contribution in [0.1, 0.15) is 10.4 Å². The Morgan fingerprint density at radius 3 is 2.44 bits per heavy atom. The van der Waals surface area contributed by atoms with Crippen molar-refractivity contribution in [3.05, 3.63) is 35.9 Å². The molecular weight excluding hydrogens is 228 g/mol. The summed E-state index contributed by atoms with van der Waals surface area (Å²) in [4.78, 5) is 11.5. The van der Waals surface area contributed by atoms with E-state index >= 15 is 0 Å². The van der Waals surface area contributed by atoms with Crippen molar-refractivity contribution < 1.29 is 13.2 Å². The summed E-state index contributed by atoms with van der Waals surface area (Å²) in [7, 11) is -1.92. The maximum Gasteiger partial charge on any atom is 0.251 e. The van der Waals surface area contributed by atoms with E-state index in [0.29, 0.717) is 5.56 Å². The van der Waals surface area contributed by atoms with E-state index in [0.717, 1.165) is 0 Å². The van der Waals surface area contributed by atoms with E-state index in [1.807, 2.05) is 6.07 Å². The number of sulfonamides is 1. The molecule has 88 valence electrons. The van der Waals surface area contributed by atoms with Crippen molar-refractivity contribution in [2.45, 2.75) is 0 Å². The van der Waals surface area contributed by atoms with E-state index in [1.54, 1.807) is 24.3 Å². The van der Waals surface area contributed by atoms with E-state index in [1.165, 1.54) is 7.05 Å². The van der Waals surface area contributed by atoms with Crippen LogP contribution in [0.15, 0.2) is 30.3 Å². The topological polar surface area (TPSA) is 75.3 Å². The molecule has 6 heteroatoms. The van der Waals surface area contributed by atoms with Crippen molar-refractivity contribution in [1.29, 1.82) is 0 Å². The van der Waals surface area contributed by atoms with Crippen molar-refractivity contribution in [3.8, 4) is 0 Å². The van der Waals surface area contributed by atoms with Crippen LogP contribution in [-0.4, -0.2) is 33.7 Å². The second-order valence-electron chi connectivity index (χ2n) is 3.14. The van der Waals surface area contributed by atoms with Gasteiger partial charge in [0, 0.05) is 12.1 Å². The first kappa shape index (κ1) is 12.7. The Labute approximate surface area is 94.9 Å². The van der Waals surface area contributed by atoms with Gasteiger partial charge in [-0.2, -0.15) is 0 Å². The van der Waals surface area contributed by atoms with Gasteiger partial charge in [-0.3, -0.25) is 4.79 Å². The highest BCUT2D eigenvalue weighted by atomic mass is 32.2. The molecule has 0 aromatic heterocycles. The summed E-state index contributed by atoms with van der Waals surface area (Å²) in [6.07, 6.45) is 0. The molecule has 0 aliphatic carbocycles. The Bertz CT molecular complexity index is 442. The highest BCUT2D eigenvalue weighted by Gasteiger charge is 2.08. The maximum absolute atomic E-state index is 11.5. The van der Waals surface area contributed by atoms with Gasteiger partial charge < -0.3 is 5.32 Å². The fourth-order valence-electron chi connectivity index (χ4n) is 1.09.